The standard InChI is InChI=1S/C16H20FN3O3/c1-23-13-3-2-11(14(17)7-13)8-19-4-5-20-12(9-19)6-15(18-20)16(22)10-21/h2-3,6-7,16,21-22H,4-5,8-10H2,1H3/t16-/m1/s1. The number of aliphatic hydroxyl groups is 2. The van der Waals surface area contributed by atoms with Gasteiger partial charge in [-0.05, 0) is 12.1 Å². The Balaban J connectivity index is 1.71. The highest BCUT2D eigenvalue weighted by Gasteiger charge is 2.21. The van der Waals surface area contributed by atoms with E-state index >= 15 is 0 Å². The predicted octanol–water partition coefficient (Wildman–Crippen LogP) is 1.07. The normalized spacial score (nSPS) is 16.2. The molecule has 1 aromatic heterocycles. The van der Waals surface area contributed by atoms with Crippen molar-refractivity contribution in [3.05, 3.63) is 47.0 Å². The maximum Gasteiger partial charge on any atom is 0.131 e. The minimum Gasteiger partial charge on any atom is -0.497 e. The van der Waals surface area contributed by atoms with Crippen LogP contribution in [0, 0.1) is 5.82 Å². The topological polar surface area (TPSA) is 70.8 Å². The third-order valence-electron chi connectivity index (χ3n) is 4.06. The van der Waals surface area contributed by atoms with Gasteiger partial charge in [-0.15, -0.1) is 0 Å². The van der Waals surface area contributed by atoms with Crippen LogP contribution >= 0.6 is 0 Å². The van der Waals surface area contributed by atoms with Gasteiger partial charge in [0.15, 0.2) is 0 Å². The van der Waals surface area contributed by atoms with E-state index in [4.69, 9.17) is 9.84 Å². The number of ether oxygens (including phenoxy) is 1. The number of hydrogen-bond acceptors (Lipinski definition) is 5. The molecular formula is C16H20FN3O3. The Morgan fingerprint density at radius 1 is 1.35 bits per heavy atom. The van der Waals surface area contributed by atoms with Gasteiger partial charge in [-0.1, -0.05) is 6.07 Å². The van der Waals surface area contributed by atoms with Gasteiger partial charge in [-0.25, -0.2) is 4.39 Å². The van der Waals surface area contributed by atoms with E-state index in [1.54, 1.807) is 18.2 Å². The molecule has 2 aromatic rings. The first-order valence-corrected chi connectivity index (χ1v) is 7.51. The zero-order chi connectivity index (χ0) is 16.4. The summed E-state index contributed by atoms with van der Waals surface area (Å²) >= 11 is 0. The van der Waals surface area contributed by atoms with E-state index in [-0.39, 0.29) is 12.4 Å². The summed E-state index contributed by atoms with van der Waals surface area (Å²) in [5, 5.41) is 23.0. The fourth-order valence-electron chi connectivity index (χ4n) is 2.76. The van der Waals surface area contributed by atoms with Crippen molar-refractivity contribution in [1.29, 1.82) is 0 Å². The van der Waals surface area contributed by atoms with Crippen molar-refractivity contribution in [3.8, 4) is 5.75 Å². The van der Waals surface area contributed by atoms with Crippen molar-refractivity contribution < 1.29 is 19.3 Å². The number of aliphatic hydroxyl groups excluding tert-OH is 2. The molecule has 0 saturated heterocycles. The summed E-state index contributed by atoms with van der Waals surface area (Å²) in [6, 6.07) is 6.67. The minimum atomic E-state index is -0.958. The Bertz CT molecular complexity index is 689. The predicted molar refractivity (Wildman–Crippen MR) is 81.3 cm³/mol. The van der Waals surface area contributed by atoms with Gasteiger partial charge in [0.25, 0.3) is 0 Å². The van der Waals surface area contributed by atoms with Crippen LogP contribution in [0.25, 0.3) is 0 Å². The molecule has 2 N–H and O–H groups in total. The van der Waals surface area contributed by atoms with Crippen molar-refractivity contribution >= 4 is 0 Å². The fraction of sp³-hybridized carbons (Fsp3) is 0.438. The molecule has 0 unspecified atom stereocenters. The molecule has 0 fully saturated rings. The zero-order valence-electron chi connectivity index (χ0n) is 12.9. The quantitative estimate of drug-likeness (QED) is 0.862. The number of nitrogens with zero attached hydrogens (tertiary/aromatic N) is 3. The maximum atomic E-state index is 14.1. The van der Waals surface area contributed by atoms with E-state index in [2.05, 4.69) is 10.00 Å². The second kappa shape index (κ2) is 6.66. The molecule has 0 saturated carbocycles. The molecule has 1 atom stereocenters. The van der Waals surface area contributed by atoms with Crippen LogP contribution < -0.4 is 4.74 Å². The van der Waals surface area contributed by atoms with Gasteiger partial charge in [0.2, 0.25) is 0 Å². The van der Waals surface area contributed by atoms with Gasteiger partial charge < -0.3 is 14.9 Å². The average molecular weight is 321 g/mol. The van der Waals surface area contributed by atoms with Crippen molar-refractivity contribution in [2.24, 2.45) is 0 Å². The zero-order valence-corrected chi connectivity index (χ0v) is 12.9. The monoisotopic (exact) mass is 321 g/mol. The van der Waals surface area contributed by atoms with Crippen LogP contribution in [-0.2, 0) is 19.6 Å². The number of hydrogen-bond donors (Lipinski definition) is 2. The molecule has 0 bridgehead atoms. The maximum absolute atomic E-state index is 14.1. The van der Waals surface area contributed by atoms with Crippen LogP contribution in [0.1, 0.15) is 23.1 Å². The molecule has 0 amide bonds. The molecular weight excluding hydrogens is 301 g/mol. The molecule has 23 heavy (non-hydrogen) atoms. The summed E-state index contributed by atoms with van der Waals surface area (Å²) in [7, 11) is 1.51. The Morgan fingerprint density at radius 2 is 2.17 bits per heavy atom. The molecule has 0 radical (unpaired) electrons. The summed E-state index contributed by atoms with van der Waals surface area (Å²) in [6.45, 7) is 2.19. The van der Waals surface area contributed by atoms with Crippen LogP contribution in [0.3, 0.4) is 0 Å². The first-order chi connectivity index (χ1) is 11.1. The number of fused-ring (bicyclic) bond motifs is 1. The van der Waals surface area contributed by atoms with Crippen molar-refractivity contribution in [1.82, 2.24) is 14.7 Å². The van der Waals surface area contributed by atoms with Crippen molar-refractivity contribution in [3.63, 3.8) is 0 Å². The number of halogens is 1. The molecule has 0 aliphatic carbocycles. The third kappa shape index (κ3) is 3.36. The van der Waals surface area contributed by atoms with E-state index in [1.165, 1.54) is 13.2 Å². The Hall–Kier alpha value is -1.96. The smallest absolute Gasteiger partial charge is 0.131 e. The number of aromatic nitrogens is 2. The Kier molecular flexibility index (Phi) is 4.61. The number of rotatable bonds is 5. The summed E-state index contributed by atoms with van der Waals surface area (Å²) in [4.78, 5) is 2.12. The summed E-state index contributed by atoms with van der Waals surface area (Å²) in [5.74, 6) is 0.227. The lowest BCUT2D eigenvalue weighted by molar-refractivity contribution is 0.0915. The molecule has 1 aliphatic rings. The van der Waals surface area contributed by atoms with Gasteiger partial charge in [0.1, 0.15) is 17.7 Å². The van der Waals surface area contributed by atoms with Crippen LogP contribution in [-0.4, -0.2) is 45.2 Å². The minimum absolute atomic E-state index is 0.278. The summed E-state index contributed by atoms with van der Waals surface area (Å²) < 4.78 is 20.9. The second-order valence-corrected chi connectivity index (χ2v) is 5.65. The van der Waals surface area contributed by atoms with Crippen molar-refractivity contribution in [2.75, 3.05) is 20.3 Å². The van der Waals surface area contributed by atoms with Crippen LogP contribution in [0.15, 0.2) is 24.3 Å². The Labute approximate surface area is 133 Å². The second-order valence-electron chi connectivity index (χ2n) is 5.65. The van der Waals surface area contributed by atoms with Gasteiger partial charge in [0, 0.05) is 31.3 Å². The fourth-order valence-corrected chi connectivity index (χ4v) is 2.76. The van der Waals surface area contributed by atoms with E-state index < -0.39 is 6.10 Å². The van der Waals surface area contributed by atoms with Gasteiger partial charge >= 0.3 is 0 Å². The highest BCUT2D eigenvalue weighted by molar-refractivity contribution is 5.29. The van der Waals surface area contributed by atoms with Gasteiger partial charge in [0.05, 0.1) is 31.6 Å². The number of benzene rings is 1. The molecule has 3 rings (SSSR count). The van der Waals surface area contributed by atoms with Crippen LogP contribution in [0.5, 0.6) is 5.75 Å². The van der Waals surface area contributed by atoms with E-state index in [0.29, 0.717) is 36.6 Å². The number of methoxy groups -OCH3 is 1. The van der Waals surface area contributed by atoms with Gasteiger partial charge in [-0.3, -0.25) is 9.58 Å². The lowest BCUT2D eigenvalue weighted by Gasteiger charge is -2.27. The first kappa shape index (κ1) is 15.9. The SMILES string of the molecule is COc1ccc(CN2CCn3nc([C@H](O)CO)cc3C2)c(F)c1. The van der Waals surface area contributed by atoms with E-state index in [0.717, 1.165) is 12.2 Å². The molecule has 1 aliphatic heterocycles. The molecule has 7 heteroatoms. The summed E-state index contributed by atoms with van der Waals surface area (Å²) in [6.07, 6.45) is -0.958. The highest BCUT2D eigenvalue weighted by Crippen LogP contribution is 2.22. The highest BCUT2D eigenvalue weighted by atomic mass is 19.1. The van der Waals surface area contributed by atoms with E-state index in [1.807, 2.05) is 4.68 Å². The first-order valence-electron chi connectivity index (χ1n) is 7.51. The lowest BCUT2D eigenvalue weighted by Crippen LogP contribution is -2.33. The molecule has 2 heterocycles. The van der Waals surface area contributed by atoms with Gasteiger partial charge in [-0.2, -0.15) is 5.10 Å². The van der Waals surface area contributed by atoms with Crippen molar-refractivity contribution in [2.45, 2.75) is 25.7 Å². The molecule has 1 aromatic carbocycles. The van der Waals surface area contributed by atoms with Crippen LogP contribution in [0.2, 0.25) is 0 Å². The lowest BCUT2D eigenvalue weighted by atomic mass is 10.1. The molecule has 0 spiro atoms. The summed E-state index contributed by atoms with van der Waals surface area (Å²) in [5.41, 5.74) is 2.04. The Morgan fingerprint density at radius 3 is 2.87 bits per heavy atom. The largest absolute Gasteiger partial charge is 0.497 e. The molecule has 6 nitrogen and oxygen atoms in total. The molecule has 124 valence electrons. The third-order valence-corrected chi connectivity index (χ3v) is 4.06. The van der Waals surface area contributed by atoms with Crippen LogP contribution in [0.4, 0.5) is 4.39 Å². The van der Waals surface area contributed by atoms with E-state index in [9.17, 15) is 9.50 Å². The average Bonchev–Trinajstić information content (AvgIpc) is 2.99.